The Kier molecular flexibility index (Phi) is 4.08. The van der Waals surface area contributed by atoms with Crippen molar-refractivity contribution in [3.05, 3.63) is 11.6 Å². The summed E-state index contributed by atoms with van der Waals surface area (Å²) in [6.45, 7) is 7.95. The van der Waals surface area contributed by atoms with Crippen LogP contribution in [0.4, 0.5) is 0 Å². The minimum absolute atomic E-state index is 0.265. The van der Waals surface area contributed by atoms with Gasteiger partial charge in [-0.3, -0.25) is 0 Å². The van der Waals surface area contributed by atoms with Crippen LogP contribution < -0.4 is 0 Å². The van der Waals surface area contributed by atoms with Crippen molar-refractivity contribution in [3.8, 4) is 0 Å². The molecule has 1 N–H and O–H groups in total. The van der Waals surface area contributed by atoms with Crippen LogP contribution >= 0.6 is 0 Å². The maximum atomic E-state index is 9.29. The van der Waals surface area contributed by atoms with Crippen molar-refractivity contribution in [2.45, 2.75) is 58.0 Å². The van der Waals surface area contributed by atoms with Crippen LogP contribution in [0, 0.1) is 5.92 Å². The van der Waals surface area contributed by atoms with Gasteiger partial charge in [0.25, 0.3) is 0 Å². The van der Waals surface area contributed by atoms with E-state index >= 15 is 0 Å². The molecule has 1 aromatic rings. The molecule has 1 aromatic heterocycles. The zero-order valence-electron chi connectivity index (χ0n) is 12.6. The highest BCUT2D eigenvalue weighted by molar-refractivity contribution is 5.03. The van der Waals surface area contributed by atoms with Crippen LogP contribution in [0.1, 0.15) is 50.7 Å². The SMILES string of the molecule is CC(C)N1CCC(c2nc3n(n2)CC(CO)CC3)CC1. The maximum Gasteiger partial charge on any atom is 0.154 e. The van der Waals surface area contributed by atoms with Crippen molar-refractivity contribution in [1.29, 1.82) is 0 Å². The Bertz CT molecular complexity index is 449. The van der Waals surface area contributed by atoms with Gasteiger partial charge in [-0.2, -0.15) is 5.10 Å². The summed E-state index contributed by atoms with van der Waals surface area (Å²) in [5.74, 6) is 3.05. The van der Waals surface area contributed by atoms with E-state index in [1.165, 1.54) is 12.8 Å². The van der Waals surface area contributed by atoms with Crippen molar-refractivity contribution in [3.63, 3.8) is 0 Å². The summed E-state index contributed by atoms with van der Waals surface area (Å²) in [5.41, 5.74) is 0. The van der Waals surface area contributed by atoms with Gasteiger partial charge < -0.3 is 10.0 Å². The van der Waals surface area contributed by atoms with E-state index in [2.05, 4.69) is 18.7 Å². The average Bonchev–Trinajstić information content (AvgIpc) is 2.90. The number of hydrogen-bond donors (Lipinski definition) is 1. The van der Waals surface area contributed by atoms with Crippen LogP contribution in [0.3, 0.4) is 0 Å². The molecular weight excluding hydrogens is 252 g/mol. The first-order valence-electron chi connectivity index (χ1n) is 7.96. The van der Waals surface area contributed by atoms with E-state index in [4.69, 9.17) is 10.1 Å². The molecule has 0 aromatic carbocycles. The summed E-state index contributed by atoms with van der Waals surface area (Å²) in [7, 11) is 0. The molecule has 2 aliphatic heterocycles. The van der Waals surface area contributed by atoms with Crippen LogP contribution in [0.15, 0.2) is 0 Å². The molecule has 2 aliphatic rings. The molecule has 1 saturated heterocycles. The summed E-state index contributed by atoms with van der Waals surface area (Å²) in [4.78, 5) is 7.30. The fourth-order valence-electron chi connectivity index (χ4n) is 3.39. The van der Waals surface area contributed by atoms with Gasteiger partial charge in [0.15, 0.2) is 5.82 Å². The van der Waals surface area contributed by atoms with Gasteiger partial charge in [0.1, 0.15) is 5.82 Å². The monoisotopic (exact) mass is 278 g/mol. The van der Waals surface area contributed by atoms with Crippen molar-refractivity contribution < 1.29 is 5.11 Å². The van der Waals surface area contributed by atoms with E-state index in [0.29, 0.717) is 17.9 Å². The lowest BCUT2D eigenvalue weighted by Crippen LogP contribution is -2.38. The molecule has 1 unspecified atom stereocenters. The molecule has 1 atom stereocenters. The minimum atomic E-state index is 0.265. The van der Waals surface area contributed by atoms with Crippen molar-refractivity contribution >= 4 is 0 Å². The topological polar surface area (TPSA) is 54.2 Å². The molecule has 3 rings (SSSR count). The number of nitrogens with zero attached hydrogens (tertiary/aromatic N) is 4. The number of aliphatic hydroxyl groups excluding tert-OH is 1. The van der Waals surface area contributed by atoms with Gasteiger partial charge in [-0.05, 0) is 46.2 Å². The van der Waals surface area contributed by atoms with E-state index in [0.717, 1.165) is 44.1 Å². The number of aryl methyl sites for hydroxylation is 1. The van der Waals surface area contributed by atoms with Crippen LogP contribution in [0.5, 0.6) is 0 Å². The van der Waals surface area contributed by atoms with Gasteiger partial charge in [-0.25, -0.2) is 9.67 Å². The van der Waals surface area contributed by atoms with E-state index in [1.54, 1.807) is 0 Å². The highest BCUT2D eigenvalue weighted by Crippen LogP contribution is 2.28. The second-order valence-electron chi connectivity index (χ2n) is 6.56. The van der Waals surface area contributed by atoms with Crippen molar-refractivity contribution in [2.24, 2.45) is 5.92 Å². The van der Waals surface area contributed by atoms with Crippen LogP contribution in [-0.4, -0.2) is 50.5 Å². The normalized spacial score (nSPS) is 25.1. The van der Waals surface area contributed by atoms with Gasteiger partial charge in [-0.1, -0.05) is 0 Å². The van der Waals surface area contributed by atoms with Gasteiger partial charge >= 0.3 is 0 Å². The number of aromatic nitrogens is 3. The Morgan fingerprint density at radius 1 is 1.25 bits per heavy atom. The first-order chi connectivity index (χ1) is 9.67. The second kappa shape index (κ2) is 5.82. The lowest BCUT2D eigenvalue weighted by molar-refractivity contribution is 0.169. The molecule has 1 fully saturated rings. The summed E-state index contributed by atoms with van der Waals surface area (Å²) in [5, 5.41) is 14.0. The van der Waals surface area contributed by atoms with Crippen molar-refractivity contribution in [2.75, 3.05) is 19.7 Å². The molecule has 0 spiro atoms. The maximum absolute atomic E-state index is 9.29. The Balaban J connectivity index is 1.66. The molecule has 0 radical (unpaired) electrons. The highest BCUT2D eigenvalue weighted by atomic mass is 16.3. The van der Waals surface area contributed by atoms with Gasteiger partial charge in [0, 0.05) is 37.5 Å². The molecule has 20 heavy (non-hydrogen) atoms. The van der Waals surface area contributed by atoms with E-state index < -0.39 is 0 Å². The number of piperidine rings is 1. The van der Waals surface area contributed by atoms with Crippen LogP contribution in [0.25, 0.3) is 0 Å². The third kappa shape index (κ3) is 2.74. The third-order valence-electron chi connectivity index (χ3n) is 4.86. The molecule has 3 heterocycles. The summed E-state index contributed by atoms with van der Waals surface area (Å²) >= 11 is 0. The molecule has 112 valence electrons. The Morgan fingerprint density at radius 3 is 2.65 bits per heavy atom. The zero-order chi connectivity index (χ0) is 14.1. The van der Waals surface area contributed by atoms with E-state index in [-0.39, 0.29) is 6.61 Å². The summed E-state index contributed by atoms with van der Waals surface area (Å²) < 4.78 is 2.04. The van der Waals surface area contributed by atoms with E-state index in [1.807, 2.05) is 4.68 Å². The highest BCUT2D eigenvalue weighted by Gasteiger charge is 2.27. The molecule has 0 saturated carbocycles. The number of fused-ring (bicyclic) bond motifs is 1. The van der Waals surface area contributed by atoms with Gasteiger partial charge in [0.2, 0.25) is 0 Å². The Morgan fingerprint density at radius 2 is 2.00 bits per heavy atom. The number of hydrogen-bond acceptors (Lipinski definition) is 4. The lowest BCUT2D eigenvalue weighted by Gasteiger charge is -2.33. The molecule has 5 nitrogen and oxygen atoms in total. The van der Waals surface area contributed by atoms with Gasteiger partial charge in [-0.15, -0.1) is 0 Å². The van der Waals surface area contributed by atoms with Crippen LogP contribution in [0.2, 0.25) is 0 Å². The first kappa shape index (κ1) is 14.0. The quantitative estimate of drug-likeness (QED) is 0.908. The number of aliphatic hydroxyl groups is 1. The molecule has 0 bridgehead atoms. The number of likely N-dealkylation sites (tertiary alicyclic amines) is 1. The molecule has 5 heteroatoms. The fourth-order valence-corrected chi connectivity index (χ4v) is 3.39. The molecular formula is C15H26N4O. The van der Waals surface area contributed by atoms with Crippen molar-refractivity contribution in [1.82, 2.24) is 19.7 Å². The first-order valence-corrected chi connectivity index (χ1v) is 7.96. The Labute approximate surface area is 121 Å². The standard InChI is InChI=1S/C15H26N4O/c1-11(2)18-7-5-13(6-8-18)15-16-14-4-3-12(10-20)9-19(14)17-15/h11-13,20H,3-10H2,1-2H3. The average molecular weight is 278 g/mol. The summed E-state index contributed by atoms with van der Waals surface area (Å²) in [6, 6.07) is 0.643. The predicted octanol–water partition coefficient (Wildman–Crippen LogP) is 1.42. The Hall–Kier alpha value is -0.940. The van der Waals surface area contributed by atoms with E-state index in [9.17, 15) is 5.11 Å². The molecule has 0 aliphatic carbocycles. The van der Waals surface area contributed by atoms with Crippen LogP contribution in [-0.2, 0) is 13.0 Å². The third-order valence-corrected chi connectivity index (χ3v) is 4.86. The molecule has 0 amide bonds. The smallest absolute Gasteiger partial charge is 0.154 e. The second-order valence-corrected chi connectivity index (χ2v) is 6.56. The minimum Gasteiger partial charge on any atom is -0.396 e. The fraction of sp³-hybridized carbons (Fsp3) is 0.867. The largest absolute Gasteiger partial charge is 0.396 e. The lowest BCUT2D eigenvalue weighted by atomic mass is 9.95. The zero-order valence-corrected chi connectivity index (χ0v) is 12.6. The number of rotatable bonds is 3. The summed E-state index contributed by atoms with van der Waals surface area (Å²) in [6.07, 6.45) is 4.35. The van der Waals surface area contributed by atoms with Gasteiger partial charge in [0.05, 0.1) is 0 Å². The predicted molar refractivity (Wildman–Crippen MR) is 77.6 cm³/mol.